The minimum Gasteiger partial charge on any atom is -0.465 e. The fraction of sp³-hybridized carbons (Fsp3) is 0.571. The standard InChI is InChI=1S/C14H21N3O3S/c1-9-6-17(7-10(2)15-9)8-12(18)16-11-4-5-21-13(11)14(19)20-3/h4-5,9-10,15H,6-8H2,1-3H3,(H,16,18). The lowest BCUT2D eigenvalue weighted by Crippen LogP contribution is -2.55. The van der Waals surface area contributed by atoms with E-state index in [2.05, 4.69) is 29.4 Å². The van der Waals surface area contributed by atoms with Crippen LogP contribution in [0.2, 0.25) is 0 Å². The van der Waals surface area contributed by atoms with E-state index in [1.54, 1.807) is 11.4 Å². The molecule has 21 heavy (non-hydrogen) atoms. The van der Waals surface area contributed by atoms with Crippen LogP contribution in [0.4, 0.5) is 5.69 Å². The summed E-state index contributed by atoms with van der Waals surface area (Å²) in [6.07, 6.45) is 0. The van der Waals surface area contributed by atoms with Gasteiger partial charge < -0.3 is 15.4 Å². The van der Waals surface area contributed by atoms with E-state index in [1.807, 2.05) is 0 Å². The minimum atomic E-state index is -0.426. The van der Waals surface area contributed by atoms with Gasteiger partial charge in [-0.3, -0.25) is 9.69 Å². The number of rotatable bonds is 4. The summed E-state index contributed by atoms with van der Waals surface area (Å²) < 4.78 is 4.70. The zero-order valence-corrected chi connectivity index (χ0v) is 13.3. The number of amides is 1. The molecule has 0 saturated carbocycles. The highest BCUT2D eigenvalue weighted by Crippen LogP contribution is 2.23. The average Bonchev–Trinajstić information content (AvgIpc) is 2.84. The molecule has 2 atom stereocenters. The Hall–Kier alpha value is -1.44. The third-order valence-corrected chi connectivity index (χ3v) is 4.20. The number of hydrogen-bond donors (Lipinski definition) is 2. The Labute approximate surface area is 128 Å². The first-order valence-corrected chi connectivity index (χ1v) is 7.81. The van der Waals surface area contributed by atoms with Crippen LogP contribution in [0.1, 0.15) is 23.5 Å². The molecule has 1 saturated heterocycles. The Morgan fingerprint density at radius 1 is 1.43 bits per heavy atom. The normalized spacial score (nSPS) is 22.8. The maximum absolute atomic E-state index is 12.1. The van der Waals surface area contributed by atoms with Gasteiger partial charge in [0.1, 0.15) is 4.88 Å². The molecular weight excluding hydrogens is 290 g/mol. The number of esters is 1. The second kappa shape index (κ2) is 7.02. The van der Waals surface area contributed by atoms with Crippen molar-refractivity contribution in [2.24, 2.45) is 0 Å². The van der Waals surface area contributed by atoms with Crippen LogP contribution < -0.4 is 10.6 Å². The fourth-order valence-corrected chi connectivity index (χ4v) is 3.39. The number of nitrogens with zero attached hydrogens (tertiary/aromatic N) is 1. The van der Waals surface area contributed by atoms with E-state index in [1.165, 1.54) is 18.4 Å². The highest BCUT2D eigenvalue weighted by atomic mass is 32.1. The number of piperazine rings is 1. The first kappa shape index (κ1) is 15.9. The van der Waals surface area contributed by atoms with Crippen LogP contribution in [0.15, 0.2) is 11.4 Å². The SMILES string of the molecule is COC(=O)c1sccc1NC(=O)CN1CC(C)NC(C)C1. The molecular formula is C14H21N3O3S. The third kappa shape index (κ3) is 4.26. The van der Waals surface area contributed by atoms with E-state index < -0.39 is 5.97 Å². The van der Waals surface area contributed by atoms with Crippen LogP contribution in [-0.2, 0) is 9.53 Å². The Kier molecular flexibility index (Phi) is 5.33. The van der Waals surface area contributed by atoms with Crippen LogP contribution in [0.5, 0.6) is 0 Å². The van der Waals surface area contributed by atoms with Gasteiger partial charge in [0.2, 0.25) is 5.91 Å². The minimum absolute atomic E-state index is 0.111. The Balaban J connectivity index is 1.93. The molecule has 0 bridgehead atoms. The molecule has 0 aromatic carbocycles. The molecule has 2 heterocycles. The molecule has 7 heteroatoms. The first-order valence-electron chi connectivity index (χ1n) is 6.93. The lowest BCUT2D eigenvalue weighted by Gasteiger charge is -2.35. The maximum Gasteiger partial charge on any atom is 0.350 e. The van der Waals surface area contributed by atoms with E-state index in [9.17, 15) is 9.59 Å². The first-order chi connectivity index (χ1) is 9.99. The predicted molar refractivity (Wildman–Crippen MR) is 82.8 cm³/mol. The summed E-state index contributed by atoms with van der Waals surface area (Å²) in [5, 5.41) is 7.98. The number of anilines is 1. The van der Waals surface area contributed by atoms with E-state index >= 15 is 0 Å². The van der Waals surface area contributed by atoms with Gasteiger partial charge >= 0.3 is 5.97 Å². The van der Waals surface area contributed by atoms with Gasteiger partial charge in [0.05, 0.1) is 19.3 Å². The second-order valence-electron chi connectivity index (χ2n) is 5.37. The topological polar surface area (TPSA) is 70.7 Å². The molecule has 1 aromatic heterocycles. The van der Waals surface area contributed by atoms with Crippen molar-refractivity contribution in [2.75, 3.05) is 32.1 Å². The third-order valence-electron chi connectivity index (χ3n) is 3.31. The number of methoxy groups -OCH3 is 1. The van der Waals surface area contributed by atoms with Crippen LogP contribution >= 0.6 is 11.3 Å². The summed E-state index contributed by atoms with van der Waals surface area (Å²) in [6, 6.07) is 2.46. The molecule has 1 aliphatic heterocycles. The largest absolute Gasteiger partial charge is 0.465 e. The van der Waals surface area contributed by atoms with Gasteiger partial charge in [-0.15, -0.1) is 11.3 Å². The van der Waals surface area contributed by atoms with Crippen molar-refractivity contribution < 1.29 is 14.3 Å². The van der Waals surface area contributed by atoms with Crippen molar-refractivity contribution in [1.82, 2.24) is 10.2 Å². The molecule has 2 N–H and O–H groups in total. The second-order valence-corrected chi connectivity index (χ2v) is 6.28. The van der Waals surface area contributed by atoms with Crippen molar-refractivity contribution in [3.8, 4) is 0 Å². The van der Waals surface area contributed by atoms with Gasteiger partial charge in [0, 0.05) is 25.2 Å². The smallest absolute Gasteiger partial charge is 0.350 e. The quantitative estimate of drug-likeness (QED) is 0.817. The Bertz CT molecular complexity index is 507. The van der Waals surface area contributed by atoms with Crippen molar-refractivity contribution in [1.29, 1.82) is 0 Å². The van der Waals surface area contributed by atoms with Crippen LogP contribution in [0.25, 0.3) is 0 Å². The lowest BCUT2D eigenvalue weighted by molar-refractivity contribution is -0.117. The number of carbonyl (C=O) groups is 2. The van der Waals surface area contributed by atoms with Crippen molar-refractivity contribution in [3.63, 3.8) is 0 Å². The average molecular weight is 311 g/mol. The molecule has 1 amide bonds. The molecule has 6 nitrogen and oxygen atoms in total. The maximum atomic E-state index is 12.1. The van der Waals surface area contributed by atoms with Gasteiger partial charge in [-0.05, 0) is 25.3 Å². The van der Waals surface area contributed by atoms with Crippen LogP contribution in [0.3, 0.4) is 0 Å². The number of nitrogens with one attached hydrogen (secondary N) is 2. The summed E-state index contributed by atoms with van der Waals surface area (Å²) in [5.74, 6) is -0.537. The van der Waals surface area contributed by atoms with Gasteiger partial charge in [-0.1, -0.05) is 0 Å². The fourth-order valence-electron chi connectivity index (χ4n) is 2.62. The van der Waals surface area contributed by atoms with Crippen LogP contribution in [0, 0.1) is 0 Å². The van der Waals surface area contributed by atoms with Crippen LogP contribution in [-0.4, -0.2) is 55.6 Å². The summed E-state index contributed by atoms with van der Waals surface area (Å²) in [4.78, 5) is 26.2. The molecule has 0 aliphatic carbocycles. The number of thiophene rings is 1. The van der Waals surface area contributed by atoms with E-state index in [4.69, 9.17) is 4.74 Å². The van der Waals surface area contributed by atoms with Gasteiger partial charge in [-0.2, -0.15) is 0 Å². The molecule has 2 unspecified atom stereocenters. The highest BCUT2D eigenvalue weighted by Gasteiger charge is 2.23. The summed E-state index contributed by atoms with van der Waals surface area (Å²) in [7, 11) is 1.33. The monoisotopic (exact) mass is 311 g/mol. The number of hydrogen-bond acceptors (Lipinski definition) is 6. The van der Waals surface area contributed by atoms with Gasteiger partial charge in [0.15, 0.2) is 0 Å². The Morgan fingerprint density at radius 3 is 2.71 bits per heavy atom. The lowest BCUT2D eigenvalue weighted by atomic mass is 10.1. The van der Waals surface area contributed by atoms with E-state index in [0.717, 1.165) is 13.1 Å². The van der Waals surface area contributed by atoms with E-state index in [0.29, 0.717) is 29.2 Å². The molecule has 1 fully saturated rings. The molecule has 0 radical (unpaired) electrons. The molecule has 2 rings (SSSR count). The van der Waals surface area contributed by atoms with Crippen molar-refractivity contribution in [2.45, 2.75) is 25.9 Å². The Morgan fingerprint density at radius 2 is 2.10 bits per heavy atom. The van der Waals surface area contributed by atoms with E-state index in [-0.39, 0.29) is 5.91 Å². The zero-order valence-electron chi connectivity index (χ0n) is 12.5. The summed E-state index contributed by atoms with van der Waals surface area (Å²) in [5.41, 5.74) is 0.521. The number of carbonyl (C=O) groups excluding carboxylic acids is 2. The van der Waals surface area contributed by atoms with Gasteiger partial charge in [-0.25, -0.2) is 4.79 Å². The van der Waals surface area contributed by atoms with Crippen molar-refractivity contribution >= 4 is 28.9 Å². The summed E-state index contributed by atoms with van der Waals surface area (Å²) in [6.45, 7) is 6.22. The van der Waals surface area contributed by atoms with Gasteiger partial charge in [0.25, 0.3) is 0 Å². The molecule has 1 aromatic rings. The zero-order chi connectivity index (χ0) is 15.4. The van der Waals surface area contributed by atoms with Crippen molar-refractivity contribution in [3.05, 3.63) is 16.3 Å². The molecule has 1 aliphatic rings. The predicted octanol–water partition coefficient (Wildman–Crippen LogP) is 1.16. The molecule has 0 spiro atoms. The highest BCUT2D eigenvalue weighted by molar-refractivity contribution is 7.12. The molecule has 116 valence electrons. The summed E-state index contributed by atoms with van der Waals surface area (Å²) >= 11 is 1.26. The number of ether oxygens (including phenoxy) is 1.